The van der Waals surface area contributed by atoms with Crippen LogP contribution in [0.4, 0.5) is 0 Å². The lowest BCUT2D eigenvalue weighted by atomic mass is 10.0. The van der Waals surface area contributed by atoms with Crippen LogP contribution in [0.1, 0.15) is 35.2 Å². The zero-order chi connectivity index (χ0) is 61.9. The first kappa shape index (κ1) is 67.4. The molecule has 0 fully saturated rings. The normalized spacial score (nSPS) is 12.2. The van der Waals surface area contributed by atoms with Gasteiger partial charge in [0.05, 0.1) is 19.6 Å². The van der Waals surface area contributed by atoms with E-state index in [0.29, 0.717) is 51.9 Å². The zero-order valence-electron chi connectivity index (χ0n) is 47.0. The highest BCUT2D eigenvalue weighted by Crippen LogP contribution is 2.44. The molecule has 0 spiro atoms. The summed E-state index contributed by atoms with van der Waals surface area (Å²) < 4.78 is 131. The number of methoxy groups -OCH3 is 1. The summed E-state index contributed by atoms with van der Waals surface area (Å²) in [5, 5.41) is 4.51. The van der Waals surface area contributed by atoms with E-state index in [2.05, 4.69) is 48.5 Å². The average molecular weight is 1270 g/mol. The van der Waals surface area contributed by atoms with E-state index in [0.717, 1.165) is 62.2 Å². The summed E-state index contributed by atoms with van der Waals surface area (Å²) in [6, 6.07) is 82.3. The summed E-state index contributed by atoms with van der Waals surface area (Å²) in [4.78, 5) is 0. The molecule has 2 N–H and O–H groups in total. The van der Waals surface area contributed by atoms with Gasteiger partial charge in [-0.25, -0.2) is 0 Å². The van der Waals surface area contributed by atoms with Crippen LogP contribution < -0.4 is 50.8 Å². The molecule has 10 rings (SSSR count). The van der Waals surface area contributed by atoms with Crippen molar-refractivity contribution in [3.8, 4) is 40.2 Å². The van der Waals surface area contributed by atoms with Crippen molar-refractivity contribution in [2.45, 2.75) is 27.2 Å². The Morgan fingerprint density at radius 3 is 0.747 bits per heavy atom. The van der Waals surface area contributed by atoms with Crippen LogP contribution in [-0.2, 0) is 52.8 Å². The van der Waals surface area contributed by atoms with Crippen molar-refractivity contribution in [3.63, 3.8) is 0 Å². The SMILES string of the molecule is C.COc1ccc(Cc2ccc(Oc3ccc(P(=O)(c4ccccc4)c4ccc(Oc5ccc(Cc6ccc(Oc7ccc(P(=O)(c8ccccc8)c8ccc(C)cc8)cc7)cc6)cc5)cc4)cc3)cc2)cc1.CS(=O)(=O)O.CS(=O)(=O)O.O=S(=O)=O. The number of benzene rings is 10. The third-order valence-electron chi connectivity index (χ3n) is 12.7. The molecule has 87 heavy (non-hydrogen) atoms. The van der Waals surface area contributed by atoms with Crippen molar-refractivity contribution >= 4 is 77.0 Å². The molecule has 0 bridgehead atoms. The van der Waals surface area contributed by atoms with Crippen molar-refractivity contribution in [3.05, 3.63) is 283 Å². The van der Waals surface area contributed by atoms with Crippen molar-refractivity contribution in [1.29, 1.82) is 0 Å². The quantitative estimate of drug-likeness (QED) is 0.0638. The van der Waals surface area contributed by atoms with Gasteiger partial charge in [-0.2, -0.15) is 16.8 Å². The van der Waals surface area contributed by atoms with Crippen LogP contribution in [-0.4, -0.2) is 58.2 Å². The molecule has 450 valence electrons. The predicted molar refractivity (Wildman–Crippen MR) is 346 cm³/mol. The maximum atomic E-state index is 15.3. The van der Waals surface area contributed by atoms with Gasteiger partial charge in [0, 0.05) is 31.8 Å². The van der Waals surface area contributed by atoms with Crippen LogP contribution in [0.15, 0.2) is 255 Å². The second kappa shape index (κ2) is 31.1. The monoisotopic (exact) mass is 1270 g/mol. The summed E-state index contributed by atoms with van der Waals surface area (Å²) in [5.74, 6) is 4.96. The van der Waals surface area contributed by atoms with Crippen LogP contribution >= 0.6 is 14.3 Å². The first-order valence-electron chi connectivity index (χ1n) is 26.2. The van der Waals surface area contributed by atoms with Crippen LogP contribution in [0.5, 0.6) is 40.2 Å². The molecular formula is C67H64O15P2S3. The Morgan fingerprint density at radius 1 is 0.345 bits per heavy atom. The number of ether oxygens (including phenoxy) is 4. The summed E-state index contributed by atoms with van der Waals surface area (Å²) >= 11 is 0. The Hall–Kier alpha value is -8.70. The van der Waals surface area contributed by atoms with Gasteiger partial charge in [-0.3, -0.25) is 9.11 Å². The molecule has 0 heterocycles. The molecule has 0 aromatic heterocycles. The van der Waals surface area contributed by atoms with Gasteiger partial charge < -0.3 is 28.1 Å². The molecule has 15 nitrogen and oxygen atoms in total. The fourth-order valence-corrected chi connectivity index (χ4v) is 14.0. The van der Waals surface area contributed by atoms with E-state index >= 15 is 4.57 Å². The first-order valence-corrected chi connectivity index (χ1v) is 34.3. The summed E-state index contributed by atoms with van der Waals surface area (Å²) in [6.45, 7) is 2.03. The van der Waals surface area contributed by atoms with Crippen molar-refractivity contribution < 1.29 is 66.6 Å². The van der Waals surface area contributed by atoms with Gasteiger partial charge in [0.25, 0.3) is 20.2 Å². The van der Waals surface area contributed by atoms with Crippen LogP contribution in [0, 0.1) is 6.92 Å². The standard InChI is InChI=1S/C64H52O6P2.2CH4O3S.CH4.O3S/c1-47-13-37-61(38-14-47)71(65,59-9-5-3-6-10-59)62-39-31-56(32-40-62)68-54-27-19-50(20-28-54)46-51-21-29-55(30-22-51)70-58-35-43-64(44-36-58)72(66,60-11-7-4-8-12-60)63-41-33-57(34-42-63)69-53-25-17-49(18-26-53)45-48-15-23-52(67-2)24-16-48;2*1-5(2,3)4;;1-4(2)3/h3-44H,45-46H2,1-2H3;2*1H3,(H,2,3,4);1H4;. The lowest BCUT2D eigenvalue weighted by molar-refractivity contribution is 0.414. The smallest absolute Gasteiger partial charge is 0.425 e. The number of rotatable bonds is 17. The van der Waals surface area contributed by atoms with E-state index in [-0.39, 0.29) is 7.43 Å². The van der Waals surface area contributed by atoms with Gasteiger partial charge in [-0.15, -0.1) is 12.6 Å². The van der Waals surface area contributed by atoms with E-state index in [1.807, 2.05) is 213 Å². The Kier molecular flexibility index (Phi) is 24.1. The Labute approximate surface area is 510 Å². The Bertz CT molecular complexity index is 4210. The average Bonchev–Trinajstić information content (AvgIpc) is 1.31. The molecule has 10 aromatic carbocycles. The van der Waals surface area contributed by atoms with Gasteiger partial charge in [0.15, 0.2) is 14.3 Å². The van der Waals surface area contributed by atoms with Crippen molar-refractivity contribution in [2.24, 2.45) is 0 Å². The first-order chi connectivity index (χ1) is 40.9. The lowest BCUT2D eigenvalue weighted by Gasteiger charge is -2.20. The van der Waals surface area contributed by atoms with Gasteiger partial charge in [-0.1, -0.05) is 146 Å². The van der Waals surface area contributed by atoms with Gasteiger partial charge in [0.1, 0.15) is 40.2 Å². The number of hydrogen-bond donors (Lipinski definition) is 2. The zero-order valence-corrected chi connectivity index (χ0v) is 51.2. The predicted octanol–water partition coefficient (Wildman–Crippen LogP) is 12.5. The fraction of sp³-hybridized carbons (Fsp3) is 0.104. The van der Waals surface area contributed by atoms with E-state index in [1.165, 1.54) is 11.1 Å². The molecule has 2 atom stereocenters. The second-order valence-electron chi connectivity index (χ2n) is 19.3. The molecule has 0 aliphatic carbocycles. The third kappa shape index (κ3) is 20.8. The third-order valence-corrected chi connectivity index (χ3v) is 18.8. The van der Waals surface area contributed by atoms with Crippen LogP contribution in [0.25, 0.3) is 0 Å². The fourth-order valence-electron chi connectivity index (χ4n) is 8.75. The van der Waals surface area contributed by atoms with Crippen molar-refractivity contribution in [1.82, 2.24) is 0 Å². The molecule has 20 heteroatoms. The van der Waals surface area contributed by atoms with Crippen LogP contribution in [0.2, 0.25) is 0 Å². The van der Waals surface area contributed by atoms with Gasteiger partial charge >= 0.3 is 10.6 Å². The molecule has 0 amide bonds. The second-order valence-corrected chi connectivity index (χ2v) is 28.2. The summed E-state index contributed by atoms with van der Waals surface area (Å²) in [5.41, 5.74) is 5.78. The minimum atomic E-state index is -3.67. The van der Waals surface area contributed by atoms with E-state index in [4.69, 9.17) is 40.7 Å². The highest BCUT2D eigenvalue weighted by atomic mass is 32.2. The van der Waals surface area contributed by atoms with E-state index in [9.17, 15) is 21.4 Å². The van der Waals surface area contributed by atoms with Crippen LogP contribution in [0.3, 0.4) is 0 Å². The topological polar surface area (TPSA) is 231 Å². The lowest BCUT2D eigenvalue weighted by Crippen LogP contribution is -2.24. The molecule has 2 unspecified atom stereocenters. The molecule has 10 aromatic rings. The molecule has 0 saturated carbocycles. The highest BCUT2D eigenvalue weighted by Gasteiger charge is 2.31. The Morgan fingerprint density at radius 2 is 0.529 bits per heavy atom. The maximum absolute atomic E-state index is 15.3. The molecule has 0 aliphatic heterocycles. The van der Waals surface area contributed by atoms with Gasteiger partial charge in [-0.05, 0) is 163 Å². The molecule has 0 radical (unpaired) electrons. The largest absolute Gasteiger partial charge is 0.497 e. The minimum Gasteiger partial charge on any atom is -0.497 e. The maximum Gasteiger partial charge on any atom is 0.425 e. The number of hydrogen-bond acceptors (Lipinski definition) is 13. The Balaban J connectivity index is 0.000000727. The molecular weight excluding hydrogens is 1200 g/mol. The molecule has 0 aliphatic rings. The number of aryl methyl sites for hydroxylation is 1. The van der Waals surface area contributed by atoms with Gasteiger partial charge in [0.2, 0.25) is 0 Å². The molecule has 0 saturated heterocycles. The minimum absolute atomic E-state index is 0. The van der Waals surface area contributed by atoms with Crippen molar-refractivity contribution in [2.75, 3.05) is 19.6 Å². The summed E-state index contributed by atoms with van der Waals surface area (Å²) in [6.07, 6.45) is 2.97. The van der Waals surface area contributed by atoms with E-state index in [1.54, 1.807) is 7.11 Å². The highest BCUT2D eigenvalue weighted by molar-refractivity contribution is 7.86. The summed E-state index contributed by atoms with van der Waals surface area (Å²) in [7, 11) is -15.1. The van der Waals surface area contributed by atoms with E-state index < -0.39 is 45.1 Å².